The van der Waals surface area contributed by atoms with E-state index >= 15 is 0 Å². The number of nitrogens with zero attached hydrogens (tertiary/aromatic N) is 1. The third kappa shape index (κ3) is 4.67. The van der Waals surface area contributed by atoms with Gasteiger partial charge in [-0.2, -0.15) is 0 Å². The fourth-order valence-corrected chi connectivity index (χ4v) is 2.88. The summed E-state index contributed by atoms with van der Waals surface area (Å²) < 4.78 is 6.16. The van der Waals surface area contributed by atoms with Crippen LogP contribution in [0.15, 0.2) is 33.7 Å². The van der Waals surface area contributed by atoms with E-state index < -0.39 is 0 Å². The molecule has 0 aromatic heterocycles. The third-order valence-corrected chi connectivity index (χ3v) is 4.37. The molecule has 2 aromatic carbocycles. The molecule has 0 radical (unpaired) electrons. The van der Waals surface area contributed by atoms with E-state index in [9.17, 15) is 10.2 Å². The molecule has 0 saturated heterocycles. The summed E-state index contributed by atoms with van der Waals surface area (Å²) in [6.45, 7) is 8.43. The van der Waals surface area contributed by atoms with Crippen molar-refractivity contribution in [2.24, 2.45) is 4.99 Å². The van der Waals surface area contributed by atoms with Gasteiger partial charge in [0.25, 0.3) is 0 Å². The summed E-state index contributed by atoms with van der Waals surface area (Å²) in [5.74, 6) is 0.265. The smallest absolute Gasteiger partial charge is 0.166 e. The molecule has 0 saturated carbocycles. The van der Waals surface area contributed by atoms with Crippen molar-refractivity contribution in [3.05, 3.63) is 44.9 Å². The molecular formula is C19H21BrClNO3. The maximum absolute atomic E-state index is 10.3. The predicted octanol–water partition coefficient (Wildman–Crippen LogP) is 5.96. The number of hydrogen-bond donors (Lipinski definition) is 2. The summed E-state index contributed by atoms with van der Waals surface area (Å²) in [6.07, 6.45) is 1.47. The van der Waals surface area contributed by atoms with Crippen molar-refractivity contribution in [1.29, 1.82) is 0 Å². The van der Waals surface area contributed by atoms with Gasteiger partial charge in [0.15, 0.2) is 17.2 Å². The number of benzene rings is 2. The number of phenols is 2. The van der Waals surface area contributed by atoms with Crippen molar-refractivity contribution in [3.63, 3.8) is 0 Å². The summed E-state index contributed by atoms with van der Waals surface area (Å²) >= 11 is 9.51. The lowest BCUT2D eigenvalue weighted by Crippen LogP contribution is -2.10. The van der Waals surface area contributed by atoms with Crippen molar-refractivity contribution in [3.8, 4) is 17.2 Å². The molecule has 0 aliphatic rings. The first-order valence-corrected chi connectivity index (χ1v) is 9.03. The Morgan fingerprint density at radius 2 is 1.84 bits per heavy atom. The first-order valence-electron chi connectivity index (χ1n) is 7.85. The molecule has 2 rings (SSSR count). The van der Waals surface area contributed by atoms with E-state index in [-0.39, 0.29) is 21.9 Å². The molecule has 0 amide bonds. The minimum Gasteiger partial charge on any atom is -0.504 e. The van der Waals surface area contributed by atoms with E-state index in [0.29, 0.717) is 23.6 Å². The number of ether oxygens (including phenoxy) is 1. The van der Waals surface area contributed by atoms with E-state index in [4.69, 9.17) is 16.3 Å². The Hall–Kier alpha value is -1.72. The average Bonchev–Trinajstić information content (AvgIpc) is 2.51. The predicted molar refractivity (Wildman–Crippen MR) is 106 cm³/mol. The summed E-state index contributed by atoms with van der Waals surface area (Å²) in [6, 6.07) is 6.92. The maximum Gasteiger partial charge on any atom is 0.166 e. The van der Waals surface area contributed by atoms with Gasteiger partial charge in [-0.05, 0) is 42.2 Å². The number of halogens is 2. The molecule has 0 atom stereocenters. The highest BCUT2D eigenvalue weighted by Gasteiger charge is 2.18. The summed E-state index contributed by atoms with van der Waals surface area (Å²) in [5, 5.41) is 20.7. The Kier molecular flexibility index (Phi) is 6.01. The molecule has 0 heterocycles. The number of aromatic hydroxyl groups is 2. The fourth-order valence-electron chi connectivity index (χ4n) is 2.21. The monoisotopic (exact) mass is 425 g/mol. The SMILES string of the molecule is CCOc1cc(Br)cc(C=Nc2cc(C(C)(C)C)cc(Cl)c2O)c1O. The molecule has 2 N–H and O–H groups in total. The summed E-state index contributed by atoms with van der Waals surface area (Å²) in [4.78, 5) is 4.32. The Bertz CT molecular complexity index is 813. The average molecular weight is 427 g/mol. The molecule has 2 aromatic rings. The topological polar surface area (TPSA) is 62.0 Å². The molecule has 0 aliphatic carbocycles. The normalized spacial score (nSPS) is 11.9. The minimum absolute atomic E-state index is 0.00800. The van der Waals surface area contributed by atoms with Crippen LogP contribution in [-0.4, -0.2) is 23.0 Å². The second-order valence-electron chi connectivity index (χ2n) is 6.61. The highest BCUT2D eigenvalue weighted by molar-refractivity contribution is 9.10. The number of aliphatic imine (C=N–C) groups is 1. The van der Waals surface area contributed by atoms with Crippen molar-refractivity contribution < 1.29 is 14.9 Å². The van der Waals surface area contributed by atoms with Gasteiger partial charge in [0.1, 0.15) is 5.69 Å². The zero-order valence-electron chi connectivity index (χ0n) is 14.6. The molecule has 0 spiro atoms. The molecule has 25 heavy (non-hydrogen) atoms. The molecule has 6 heteroatoms. The van der Waals surface area contributed by atoms with Crippen LogP contribution in [0.2, 0.25) is 5.02 Å². The van der Waals surface area contributed by atoms with Gasteiger partial charge in [-0.3, -0.25) is 4.99 Å². The Morgan fingerprint density at radius 1 is 1.16 bits per heavy atom. The zero-order chi connectivity index (χ0) is 18.8. The molecule has 0 aliphatic heterocycles. The van der Waals surface area contributed by atoms with Gasteiger partial charge in [0.2, 0.25) is 0 Å². The fraction of sp³-hybridized carbons (Fsp3) is 0.316. The minimum atomic E-state index is -0.137. The van der Waals surface area contributed by atoms with E-state index in [1.165, 1.54) is 6.21 Å². The largest absolute Gasteiger partial charge is 0.504 e. The van der Waals surface area contributed by atoms with Crippen LogP contribution in [-0.2, 0) is 5.41 Å². The van der Waals surface area contributed by atoms with E-state index in [0.717, 1.165) is 10.0 Å². The molecular weight excluding hydrogens is 406 g/mol. The van der Waals surface area contributed by atoms with Crippen LogP contribution >= 0.6 is 27.5 Å². The third-order valence-electron chi connectivity index (χ3n) is 3.62. The lowest BCUT2D eigenvalue weighted by atomic mass is 9.87. The van der Waals surface area contributed by atoms with Crippen LogP contribution in [0.5, 0.6) is 17.2 Å². The van der Waals surface area contributed by atoms with Crippen LogP contribution < -0.4 is 4.74 Å². The highest BCUT2D eigenvalue weighted by atomic mass is 79.9. The maximum atomic E-state index is 10.3. The Morgan fingerprint density at radius 3 is 2.44 bits per heavy atom. The zero-order valence-corrected chi connectivity index (χ0v) is 16.9. The van der Waals surface area contributed by atoms with Crippen molar-refractivity contribution >= 4 is 39.4 Å². The van der Waals surface area contributed by atoms with Crippen molar-refractivity contribution in [2.45, 2.75) is 33.1 Å². The Labute approximate surface area is 161 Å². The first-order chi connectivity index (χ1) is 11.6. The lowest BCUT2D eigenvalue weighted by Gasteiger charge is -2.20. The van der Waals surface area contributed by atoms with Gasteiger partial charge in [-0.1, -0.05) is 48.3 Å². The van der Waals surface area contributed by atoms with E-state index in [2.05, 4.69) is 41.7 Å². The number of phenolic OH excluding ortho intramolecular Hbond substituents is 2. The molecule has 0 fully saturated rings. The molecule has 134 valence electrons. The van der Waals surface area contributed by atoms with Crippen LogP contribution in [0.25, 0.3) is 0 Å². The van der Waals surface area contributed by atoms with Crippen LogP contribution in [0, 0.1) is 0 Å². The van der Waals surface area contributed by atoms with Crippen molar-refractivity contribution in [1.82, 2.24) is 0 Å². The number of rotatable bonds is 4. The van der Waals surface area contributed by atoms with E-state index in [1.807, 2.05) is 6.92 Å². The quantitative estimate of drug-likeness (QED) is 0.593. The van der Waals surface area contributed by atoms with Gasteiger partial charge in [0.05, 0.1) is 11.6 Å². The first kappa shape index (κ1) is 19.6. The van der Waals surface area contributed by atoms with E-state index in [1.54, 1.807) is 24.3 Å². The number of hydrogen-bond acceptors (Lipinski definition) is 4. The lowest BCUT2D eigenvalue weighted by molar-refractivity contribution is 0.317. The standard InChI is InChI=1S/C19H21BrClNO3/c1-5-25-16-9-13(20)6-11(17(16)23)10-22-15-8-12(19(2,3)4)7-14(21)18(15)24/h6-10,23-24H,5H2,1-4H3. The molecule has 4 nitrogen and oxygen atoms in total. The van der Waals surface area contributed by atoms with Gasteiger partial charge in [-0.15, -0.1) is 0 Å². The summed E-state index contributed by atoms with van der Waals surface area (Å²) in [7, 11) is 0. The second-order valence-corrected chi connectivity index (χ2v) is 7.93. The van der Waals surface area contributed by atoms with Gasteiger partial charge >= 0.3 is 0 Å². The van der Waals surface area contributed by atoms with Crippen LogP contribution in [0.1, 0.15) is 38.8 Å². The second kappa shape index (κ2) is 7.67. The van der Waals surface area contributed by atoms with Gasteiger partial charge in [0, 0.05) is 16.3 Å². The van der Waals surface area contributed by atoms with Gasteiger partial charge < -0.3 is 14.9 Å². The van der Waals surface area contributed by atoms with Crippen LogP contribution in [0.3, 0.4) is 0 Å². The van der Waals surface area contributed by atoms with Crippen LogP contribution in [0.4, 0.5) is 5.69 Å². The summed E-state index contributed by atoms with van der Waals surface area (Å²) in [5.41, 5.74) is 1.63. The van der Waals surface area contributed by atoms with Crippen molar-refractivity contribution in [2.75, 3.05) is 6.61 Å². The highest BCUT2D eigenvalue weighted by Crippen LogP contribution is 2.39. The molecule has 0 unspecified atom stereocenters. The molecule has 0 bridgehead atoms. The van der Waals surface area contributed by atoms with Gasteiger partial charge in [-0.25, -0.2) is 0 Å². The Balaban J connectivity index is 2.48.